The molecule has 1 fully saturated rings. The Balaban J connectivity index is 1.84. The summed E-state index contributed by atoms with van der Waals surface area (Å²) < 4.78 is 16.7. The summed E-state index contributed by atoms with van der Waals surface area (Å²) in [5.74, 6) is 0. The van der Waals surface area contributed by atoms with Gasteiger partial charge in [0.25, 0.3) is 0 Å². The van der Waals surface area contributed by atoms with Crippen LogP contribution in [0.2, 0.25) is 0 Å². The SMILES string of the molecule is CC1(C)COB(c2ccc(CNC(=O)OC(C)(C)C)cc2)OC1. The van der Waals surface area contributed by atoms with Gasteiger partial charge in [0.2, 0.25) is 0 Å². The zero-order valence-corrected chi connectivity index (χ0v) is 14.6. The Bertz CT molecular complexity index is 527. The minimum Gasteiger partial charge on any atom is -0.444 e. The third-order valence-corrected chi connectivity index (χ3v) is 3.34. The number of rotatable bonds is 3. The van der Waals surface area contributed by atoms with Crippen molar-refractivity contribution in [1.82, 2.24) is 5.32 Å². The van der Waals surface area contributed by atoms with Crippen LogP contribution in [0.1, 0.15) is 40.2 Å². The van der Waals surface area contributed by atoms with Gasteiger partial charge in [0, 0.05) is 25.2 Å². The molecular formula is C17H26BNO4. The predicted octanol–water partition coefficient (Wildman–Crippen LogP) is 2.48. The van der Waals surface area contributed by atoms with E-state index in [-0.39, 0.29) is 12.5 Å². The number of benzene rings is 1. The molecule has 1 N–H and O–H groups in total. The third kappa shape index (κ3) is 5.88. The van der Waals surface area contributed by atoms with Gasteiger partial charge in [-0.2, -0.15) is 0 Å². The lowest BCUT2D eigenvalue weighted by atomic mass is 9.76. The summed E-state index contributed by atoms with van der Waals surface area (Å²) in [6, 6.07) is 7.85. The number of carbonyl (C=O) groups excluding carboxylic acids is 1. The summed E-state index contributed by atoms with van der Waals surface area (Å²) in [7, 11) is -0.309. The molecule has 1 aromatic carbocycles. The van der Waals surface area contributed by atoms with Gasteiger partial charge in [0.05, 0.1) is 0 Å². The summed E-state index contributed by atoms with van der Waals surface area (Å²) in [4.78, 5) is 11.6. The number of carbonyl (C=O) groups is 1. The van der Waals surface area contributed by atoms with Crippen LogP contribution in [0.5, 0.6) is 0 Å². The van der Waals surface area contributed by atoms with Crippen LogP contribution in [0.3, 0.4) is 0 Å². The van der Waals surface area contributed by atoms with Gasteiger partial charge in [0.15, 0.2) is 0 Å². The molecule has 0 saturated carbocycles. The fourth-order valence-corrected chi connectivity index (χ4v) is 2.17. The molecule has 1 saturated heterocycles. The largest absolute Gasteiger partial charge is 0.493 e. The molecule has 0 unspecified atom stereocenters. The maximum absolute atomic E-state index is 11.6. The lowest BCUT2D eigenvalue weighted by Gasteiger charge is -2.33. The Morgan fingerprint density at radius 2 is 1.78 bits per heavy atom. The summed E-state index contributed by atoms with van der Waals surface area (Å²) in [5, 5.41) is 2.74. The molecule has 5 nitrogen and oxygen atoms in total. The van der Waals surface area contributed by atoms with E-state index < -0.39 is 11.7 Å². The van der Waals surface area contributed by atoms with E-state index in [0.717, 1.165) is 11.0 Å². The predicted molar refractivity (Wildman–Crippen MR) is 90.6 cm³/mol. The molecule has 0 radical (unpaired) electrons. The highest BCUT2D eigenvalue weighted by atomic mass is 16.6. The van der Waals surface area contributed by atoms with Crippen molar-refractivity contribution in [3.05, 3.63) is 29.8 Å². The second-order valence-electron chi connectivity index (χ2n) is 7.72. The summed E-state index contributed by atoms with van der Waals surface area (Å²) >= 11 is 0. The summed E-state index contributed by atoms with van der Waals surface area (Å²) in [5.41, 5.74) is 1.56. The third-order valence-electron chi connectivity index (χ3n) is 3.34. The molecule has 6 heteroatoms. The van der Waals surface area contributed by atoms with Crippen LogP contribution < -0.4 is 10.8 Å². The minimum absolute atomic E-state index is 0.0633. The maximum atomic E-state index is 11.6. The number of ether oxygens (including phenoxy) is 1. The summed E-state index contributed by atoms with van der Waals surface area (Å²) in [6.07, 6.45) is -0.414. The van der Waals surface area contributed by atoms with E-state index in [0.29, 0.717) is 19.8 Å². The van der Waals surface area contributed by atoms with Gasteiger partial charge in [0.1, 0.15) is 5.60 Å². The molecule has 2 rings (SSSR count). The molecule has 0 bridgehead atoms. The Kier molecular flexibility index (Phi) is 5.37. The van der Waals surface area contributed by atoms with E-state index in [4.69, 9.17) is 14.0 Å². The van der Waals surface area contributed by atoms with Crippen LogP contribution in [0, 0.1) is 5.41 Å². The number of alkyl carbamates (subject to hydrolysis) is 1. The van der Waals surface area contributed by atoms with Gasteiger partial charge in [-0.1, -0.05) is 38.1 Å². The van der Waals surface area contributed by atoms with E-state index in [9.17, 15) is 4.79 Å². The second-order valence-corrected chi connectivity index (χ2v) is 7.72. The van der Waals surface area contributed by atoms with E-state index in [2.05, 4.69) is 19.2 Å². The fraction of sp³-hybridized carbons (Fsp3) is 0.588. The number of hydrogen-bond acceptors (Lipinski definition) is 4. The zero-order chi connectivity index (χ0) is 17.1. The van der Waals surface area contributed by atoms with E-state index in [1.54, 1.807) is 0 Å². The van der Waals surface area contributed by atoms with Crippen molar-refractivity contribution in [2.75, 3.05) is 13.2 Å². The Hall–Kier alpha value is -1.53. The molecule has 1 aliphatic heterocycles. The van der Waals surface area contributed by atoms with Crippen LogP contribution in [0.15, 0.2) is 24.3 Å². The number of nitrogens with one attached hydrogen (secondary N) is 1. The van der Waals surface area contributed by atoms with Gasteiger partial charge in [-0.05, 0) is 31.8 Å². The highest BCUT2D eigenvalue weighted by Crippen LogP contribution is 2.21. The van der Waals surface area contributed by atoms with Gasteiger partial charge in [-0.15, -0.1) is 0 Å². The van der Waals surface area contributed by atoms with Crippen LogP contribution in [0.4, 0.5) is 4.79 Å². The summed E-state index contributed by atoms with van der Waals surface area (Å²) in [6.45, 7) is 11.5. The first-order chi connectivity index (χ1) is 10.6. The van der Waals surface area contributed by atoms with Crippen molar-refractivity contribution in [3.8, 4) is 0 Å². The van der Waals surface area contributed by atoms with Gasteiger partial charge >= 0.3 is 13.2 Å². The van der Waals surface area contributed by atoms with Crippen molar-refractivity contribution >= 4 is 18.7 Å². The maximum Gasteiger partial charge on any atom is 0.493 e. The number of amides is 1. The molecule has 0 atom stereocenters. The average molecular weight is 319 g/mol. The van der Waals surface area contributed by atoms with Crippen molar-refractivity contribution in [2.24, 2.45) is 5.41 Å². The Morgan fingerprint density at radius 3 is 2.30 bits per heavy atom. The van der Waals surface area contributed by atoms with Crippen molar-refractivity contribution in [1.29, 1.82) is 0 Å². The highest BCUT2D eigenvalue weighted by molar-refractivity contribution is 6.61. The molecule has 23 heavy (non-hydrogen) atoms. The normalized spacial score (nSPS) is 17.7. The standard InChI is InChI=1S/C17H26BNO4/c1-16(2,3)23-15(20)19-10-13-6-8-14(9-7-13)18-21-11-17(4,5)12-22-18/h6-9H,10-12H2,1-5H3,(H,19,20). The Labute approximate surface area is 138 Å². The van der Waals surface area contributed by atoms with E-state index in [1.165, 1.54) is 0 Å². The topological polar surface area (TPSA) is 56.8 Å². The lowest BCUT2D eigenvalue weighted by Crippen LogP contribution is -2.47. The van der Waals surface area contributed by atoms with E-state index in [1.807, 2.05) is 45.0 Å². The molecule has 0 aliphatic carbocycles. The lowest BCUT2D eigenvalue weighted by molar-refractivity contribution is 0.0343. The molecule has 1 aromatic rings. The second kappa shape index (κ2) is 6.93. The van der Waals surface area contributed by atoms with Gasteiger partial charge in [-0.25, -0.2) is 4.79 Å². The van der Waals surface area contributed by atoms with Gasteiger partial charge in [-0.3, -0.25) is 0 Å². The van der Waals surface area contributed by atoms with Crippen molar-refractivity contribution in [2.45, 2.75) is 46.8 Å². The highest BCUT2D eigenvalue weighted by Gasteiger charge is 2.33. The first kappa shape index (κ1) is 17.8. The first-order valence-corrected chi connectivity index (χ1v) is 7.94. The first-order valence-electron chi connectivity index (χ1n) is 7.94. The Morgan fingerprint density at radius 1 is 1.22 bits per heavy atom. The molecular weight excluding hydrogens is 293 g/mol. The quantitative estimate of drug-likeness (QED) is 0.870. The number of hydrogen-bond donors (Lipinski definition) is 1. The van der Waals surface area contributed by atoms with Crippen LogP contribution in [0.25, 0.3) is 0 Å². The van der Waals surface area contributed by atoms with Crippen LogP contribution in [-0.2, 0) is 20.6 Å². The average Bonchev–Trinajstić information content (AvgIpc) is 2.44. The molecule has 1 heterocycles. The van der Waals surface area contributed by atoms with Crippen molar-refractivity contribution in [3.63, 3.8) is 0 Å². The smallest absolute Gasteiger partial charge is 0.444 e. The molecule has 0 spiro atoms. The fourth-order valence-electron chi connectivity index (χ4n) is 2.17. The van der Waals surface area contributed by atoms with Crippen LogP contribution >= 0.6 is 0 Å². The molecule has 1 aliphatic rings. The minimum atomic E-state index is -0.489. The zero-order valence-electron chi connectivity index (χ0n) is 14.6. The molecule has 126 valence electrons. The molecule has 0 aromatic heterocycles. The van der Waals surface area contributed by atoms with Gasteiger partial charge < -0.3 is 19.4 Å². The van der Waals surface area contributed by atoms with Crippen molar-refractivity contribution < 1.29 is 18.8 Å². The molecule has 1 amide bonds. The monoisotopic (exact) mass is 319 g/mol. The van der Waals surface area contributed by atoms with E-state index >= 15 is 0 Å². The van der Waals surface area contributed by atoms with Crippen LogP contribution in [-0.4, -0.2) is 32.0 Å².